The molecule has 0 fully saturated rings. The number of likely N-dealkylation sites (N-methyl/N-ethyl adjacent to an activating group) is 1. The zero-order valence-corrected chi connectivity index (χ0v) is 11.8. The Balaban J connectivity index is 1.90. The van der Waals surface area contributed by atoms with Crippen LogP contribution in [0.25, 0.3) is 11.1 Å². The molecule has 0 spiro atoms. The minimum atomic E-state index is -0.165. The molecule has 2 aromatic carbocycles. The number of hydrogen-bond acceptors (Lipinski definition) is 3. The fourth-order valence-corrected chi connectivity index (χ4v) is 2.50. The van der Waals surface area contributed by atoms with Gasteiger partial charge in [0.25, 0.3) is 5.91 Å². The number of hydrogen-bond donors (Lipinski definition) is 1. The number of carbonyl (C=O) groups is 1. The van der Waals surface area contributed by atoms with Gasteiger partial charge in [0.1, 0.15) is 5.71 Å². The van der Waals surface area contributed by atoms with E-state index in [1.807, 2.05) is 43.3 Å². The van der Waals surface area contributed by atoms with Crippen molar-refractivity contribution in [2.24, 2.45) is 5.16 Å². The zero-order chi connectivity index (χ0) is 14.7. The Morgan fingerprint density at radius 1 is 1.00 bits per heavy atom. The minimum Gasteiger partial charge on any atom is -0.385 e. The summed E-state index contributed by atoms with van der Waals surface area (Å²) in [4.78, 5) is 16.6. The van der Waals surface area contributed by atoms with Crippen molar-refractivity contribution in [3.05, 3.63) is 59.7 Å². The Bertz CT molecular complexity index is 660. The van der Waals surface area contributed by atoms with Crippen molar-refractivity contribution >= 4 is 11.6 Å². The van der Waals surface area contributed by atoms with Crippen molar-refractivity contribution in [3.8, 4) is 11.1 Å². The average Bonchev–Trinajstić information content (AvgIpc) is 2.83. The van der Waals surface area contributed by atoms with Gasteiger partial charge in [0, 0.05) is 17.7 Å². The van der Waals surface area contributed by atoms with E-state index in [0.717, 1.165) is 28.0 Å². The maximum atomic E-state index is 11.4. The van der Waals surface area contributed by atoms with E-state index in [0.29, 0.717) is 6.54 Å². The van der Waals surface area contributed by atoms with Gasteiger partial charge in [-0.25, -0.2) is 0 Å². The van der Waals surface area contributed by atoms with Gasteiger partial charge in [-0.15, -0.1) is 0 Å². The van der Waals surface area contributed by atoms with Gasteiger partial charge in [0.15, 0.2) is 6.61 Å². The first-order chi connectivity index (χ1) is 10.3. The lowest BCUT2D eigenvalue weighted by Gasteiger charge is -2.03. The molecule has 2 aromatic rings. The van der Waals surface area contributed by atoms with E-state index in [9.17, 15) is 4.79 Å². The fraction of sp³-hybridized carbons (Fsp3) is 0.176. The average molecular weight is 280 g/mol. The number of fused-ring (bicyclic) bond motifs is 3. The maximum Gasteiger partial charge on any atom is 0.260 e. The van der Waals surface area contributed by atoms with Gasteiger partial charge in [-0.05, 0) is 18.1 Å². The van der Waals surface area contributed by atoms with Crippen LogP contribution in [-0.2, 0) is 9.63 Å². The number of amides is 1. The van der Waals surface area contributed by atoms with Gasteiger partial charge in [0.05, 0.1) is 0 Å². The molecule has 1 amide bonds. The molecule has 0 bridgehead atoms. The number of rotatable bonds is 4. The molecule has 0 radical (unpaired) electrons. The van der Waals surface area contributed by atoms with E-state index in [2.05, 4.69) is 22.6 Å². The van der Waals surface area contributed by atoms with Crippen LogP contribution >= 0.6 is 0 Å². The minimum absolute atomic E-state index is 0.0678. The Morgan fingerprint density at radius 3 is 2.05 bits per heavy atom. The molecular weight excluding hydrogens is 264 g/mol. The van der Waals surface area contributed by atoms with E-state index in [1.165, 1.54) is 0 Å². The van der Waals surface area contributed by atoms with Gasteiger partial charge in [-0.3, -0.25) is 4.79 Å². The number of nitrogens with zero attached hydrogens (tertiary/aromatic N) is 1. The highest BCUT2D eigenvalue weighted by Crippen LogP contribution is 2.36. The van der Waals surface area contributed by atoms with Gasteiger partial charge >= 0.3 is 0 Å². The number of nitrogens with one attached hydrogen (secondary N) is 1. The Kier molecular flexibility index (Phi) is 3.69. The van der Waals surface area contributed by atoms with Crippen LogP contribution in [0.5, 0.6) is 0 Å². The second kappa shape index (κ2) is 5.79. The summed E-state index contributed by atoms with van der Waals surface area (Å²) in [6.07, 6.45) is 0. The topological polar surface area (TPSA) is 50.7 Å². The van der Waals surface area contributed by atoms with Gasteiger partial charge in [-0.2, -0.15) is 0 Å². The molecule has 1 N–H and O–H groups in total. The Morgan fingerprint density at radius 2 is 1.52 bits per heavy atom. The summed E-state index contributed by atoms with van der Waals surface area (Å²) in [7, 11) is 0. The van der Waals surface area contributed by atoms with E-state index in [4.69, 9.17) is 4.84 Å². The maximum absolute atomic E-state index is 11.4. The first-order valence-electron chi connectivity index (χ1n) is 6.97. The van der Waals surface area contributed by atoms with Crippen LogP contribution in [0.4, 0.5) is 0 Å². The van der Waals surface area contributed by atoms with E-state index < -0.39 is 0 Å². The van der Waals surface area contributed by atoms with Gasteiger partial charge in [-0.1, -0.05) is 53.7 Å². The summed E-state index contributed by atoms with van der Waals surface area (Å²) in [6.45, 7) is 2.39. The summed E-state index contributed by atoms with van der Waals surface area (Å²) >= 11 is 0. The highest BCUT2D eigenvalue weighted by atomic mass is 16.6. The second-order valence-corrected chi connectivity index (χ2v) is 4.76. The van der Waals surface area contributed by atoms with Crippen molar-refractivity contribution in [2.45, 2.75) is 6.92 Å². The van der Waals surface area contributed by atoms with Crippen LogP contribution in [0, 0.1) is 0 Å². The van der Waals surface area contributed by atoms with Crippen LogP contribution in [0.3, 0.4) is 0 Å². The third-order valence-corrected chi connectivity index (χ3v) is 3.38. The lowest BCUT2D eigenvalue weighted by Crippen LogP contribution is -2.26. The summed E-state index contributed by atoms with van der Waals surface area (Å²) < 4.78 is 0. The van der Waals surface area contributed by atoms with Crippen LogP contribution in [-0.4, -0.2) is 24.8 Å². The second-order valence-electron chi connectivity index (χ2n) is 4.76. The van der Waals surface area contributed by atoms with Crippen LogP contribution < -0.4 is 5.32 Å². The van der Waals surface area contributed by atoms with Gasteiger partial charge in [0.2, 0.25) is 0 Å². The predicted octanol–water partition coefficient (Wildman–Crippen LogP) is 2.57. The fourth-order valence-electron chi connectivity index (χ4n) is 2.50. The Labute approximate surface area is 123 Å². The lowest BCUT2D eigenvalue weighted by molar-refractivity contribution is -0.125. The van der Waals surface area contributed by atoms with Gasteiger partial charge < -0.3 is 10.2 Å². The summed E-state index contributed by atoms with van der Waals surface area (Å²) in [6, 6.07) is 16.1. The zero-order valence-electron chi connectivity index (χ0n) is 11.8. The monoisotopic (exact) mass is 280 g/mol. The first-order valence-corrected chi connectivity index (χ1v) is 6.97. The molecule has 1 aliphatic carbocycles. The molecule has 0 saturated heterocycles. The van der Waals surface area contributed by atoms with Crippen LogP contribution in [0.15, 0.2) is 53.7 Å². The number of benzene rings is 2. The molecule has 0 atom stereocenters. The smallest absolute Gasteiger partial charge is 0.260 e. The normalized spacial score (nSPS) is 11.6. The molecule has 3 rings (SSSR count). The van der Waals surface area contributed by atoms with Crippen molar-refractivity contribution in [3.63, 3.8) is 0 Å². The molecule has 106 valence electrons. The SMILES string of the molecule is CCNC(=O)CON=C1c2ccccc2-c2ccccc21. The van der Waals surface area contributed by atoms with Crippen LogP contribution in [0.2, 0.25) is 0 Å². The molecule has 4 nitrogen and oxygen atoms in total. The summed E-state index contributed by atoms with van der Waals surface area (Å²) in [5.41, 5.74) is 5.15. The first kappa shape index (κ1) is 13.4. The molecule has 0 saturated carbocycles. The standard InChI is InChI=1S/C17H16N2O2/c1-2-18-16(20)11-21-19-17-14-9-5-3-7-12(14)13-8-4-6-10-15(13)17/h3-10H,2,11H2,1H3,(H,18,20). The molecule has 0 heterocycles. The Hall–Kier alpha value is -2.62. The van der Waals surface area contributed by atoms with E-state index in [-0.39, 0.29) is 12.5 Å². The highest BCUT2D eigenvalue weighted by Gasteiger charge is 2.24. The molecule has 0 aromatic heterocycles. The molecule has 0 unspecified atom stereocenters. The molecule has 21 heavy (non-hydrogen) atoms. The lowest BCUT2D eigenvalue weighted by atomic mass is 10.1. The summed E-state index contributed by atoms with van der Waals surface area (Å²) in [5, 5.41) is 6.86. The van der Waals surface area contributed by atoms with Crippen molar-refractivity contribution in [1.82, 2.24) is 5.32 Å². The largest absolute Gasteiger partial charge is 0.385 e. The van der Waals surface area contributed by atoms with E-state index in [1.54, 1.807) is 0 Å². The number of carbonyl (C=O) groups excluding carboxylic acids is 1. The quantitative estimate of drug-likeness (QED) is 0.747. The van der Waals surface area contributed by atoms with Crippen molar-refractivity contribution in [1.29, 1.82) is 0 Å². The van der Waals surface area contributed by atoms with Crippen molar-refractivity contribution < 1.29 is 9.63 Å². The third kappa shape index (κ3) is 2.52. The molecule has 0 aliphatic heterocycles. The number of oxime groups is 1. The molecule has 4 heteroatoms. The van der Waals surface area contributed by atoms with Crippen LogP contribution in [0.1, 0.15) is 18.1 Å². The van der Waals surface area contributed by atoms with Crippen molar-refractivity contribution in [2.75, 3.05) is 13.2 Å². The summed E-state index contributed by atoms with van der Waals surface area (Å²) in [5.74, 6) is -0.165. The third-order valence-electron chi connectivity index (χ3n) is 3.38. The molecule has 1 aliphatic rings. The highest BCUT2D eigenvalue weighted by molar-refractivity contribution is 6.24. The molecular formula is C17H16N2O2. The predicted molar refractivity (Wildman–Crippen MR) is 82.2 cm³/mol. The van der Waals surface area contributed by atoms with E-state index >= 15 is 0 Å².